The molecule has 2 aromatic carbocycles. The van der Waals surface area contributed by atoms with Gasteiger partial charge in [0.1, 0.15) is 4.90 Å². The standard InChI is InChI=1S/C20H24ClN3O4S/c1-20(2,3)19(26)24-15-10-8-14(9-11-15)18(25)22-12-13-23-29(27,28)17-7-5-4-6-16(17)21/h4-11,23H,12-13H2,1-3H3,(H,22,25)(H,24,26). The zero-order valence-electron chi connectivity index (χ0n) is 16.5. The first-order valence-electron chi connectivity index (χ1n) is 8.94. The molecular formula is C20H24ClN3O4S. The fourth-order valence-electron chi connectivity index (χ4n) is 2.23. The summed E-state index contributed by atoms with van der Waals surface area (Å²) in [5.74, 6) is -0.476. The molecule has 0 aliphatic heterocycles. The molecule has 9 heteroatoms. The third-order valence-corrected chi connectivity index (χ3v) is 5.88. The van der Waals surface area contributed by atoms with Crippen LogP contribution < -0.4 is 15.4 Å². The second-order valence-electron chi connectivity index (χ2n) is 7.37. The largest absolute Gasteiger partial charge is 0.351 e. The lowest BCUT2D eigenvalue weighted by molar-refractivity contribution is -0.123. The number of carbonyl (C=O) groups is 2. The van der Waals surface area contributed by atoms with Crippen molar-refractivity contribution in [1.29, 1.82) is 0 Å². The molecule has 0 saturated heterocycles. The first kappa shape index (κ1) is 22.9. The summed E-state index contributed by atoms with van der Waals surface area (Å²) in [6, 6.07) is 12.6. The molecule has 29 heavy (non-hydrogen) atoms. The topological polar surface area (TPSA) is 104 Å². The fourth-order valence-corrected chi connectivity index (χ4v) is 3.78. The Kier molecular flexibility index (Phi) is 7.40. The number of hydrogen-bond acceptors (Lipinski definition) is 4. The lowest BCUT2D eigenvalue weighted by atomic mass is 9.95. The third kappa shape index (κ3) is 6.56. The van der Waals surface area contributed by atoms with Crippen molar-refractivity contribution in [2.24, 2.45) is 5.41 Å². The van der Waals surface area contributed by atoms with Gasteiger partial charge in [-0.3, -0.25) is 9.59 Å². The van der Waals surface area contributed by atoms with Crippen molar-refractivity contribution in [1.82, 2.24) is 10.0 Å². The van der Waals surface area contributed by atoms with Crippen LogP contribution in [0.25, 0.3) is 0 Å². The predicted octanol–water partition coefficient (Wildman–Crippen LogP) is 3.03. The molecule has 0 saturated carbocycles. The Hall–Kier alpha value is -2.42. The van der Waals surface area contributed by atoms with E-state index in [1.54, 1.807) is 36.4 Å². The van der Waals surface area contributed by atoms with Crippen molar-refractivity contribution in [3.8, 4) is 0 Å². The van der Waals surface area contributed by atoms with Gasteiger partial charge in [0.05, 0.1) is 5.02 Å². The molecule has 3 N–H and O–H groups in total. The van der Waals surface area contributed by atoms with Crippen LogP contribution >= 0.6 is 11.6 Å². The average Bonchev–Trinajstić information content (AvgIpc) is 2.65. The highest BCUT2D eigenvalue weighted by atomic mass is 35.5. The molecule has 7 nitrogen and oxygen atoms in total. The molecule has 0 bridgehead atoms. The van der Waals surface area contributed by atoms with Crippen LogP contribution in [0.15, 0.2) is 53.4 Å². The van der Waals surface area contributed by atoms with Crippen LogP contribution in [0.3, 0.4) is 0 Å². The van der Waals surface area contributed by atoms with Gasteiger partial charge in [-0.05, 0) is 36.4 Å². The van der Waals surface area contributed by atoms with Crippen molar-refractivity contribution in [3.05, 3.63) is 59.1 Å². The molecular weight excluding hydrogens is 414 g/mol. The summed E-state index contributed by atoms with van der Waals surface area (Å²) in [6.07, 6.45) is 0. The molecule has 0 aliphatic rings. The molecule has 0 spiro atoms. The number of anilines is 1. The molecule has 2 rings (SSSR count). The minimum Gasteiger partial charge on any atom is -0.351 e. The highest BCUT2D eigenvalue weighted by molar-refractivity contribution is 7.89. The first-order valence-corrected chi connectivity index (χ1v) is 10.8. The summed E-state index contributed by atoms with van der Waals surface area (Å²) in [5, 5.41) is 5.54. The Morgan fingerprint density at radius 1 is 0.966 bits per heavy atom. The number of carbonyl (C=O) groups excluding carboxylic acids is 2. The molecule has 156 valence electrons. The number of amides is 2. The SMILES string of the molecule is CC(C)(C)C(=O)Nc1ccc(C(=O)NCCNS(=O)(=O)c2ccccc2Cl)cc1. The lowest BCUT2D eigenvalue weighted by Crippen LogP contribution is -2.34. The van der Waals surface area contributed by atoms with E-state index in [1.807, 2.05) is 20.8 Å². The summed E-state index contributed by atoms with van der Waals surface area (Å²) in [7, 11) is -3.76. The van der Waals surface area contributed by atoms with Crippen LogP contribution in [-0.2, 0) is 14.8 Å². The van der Waals surface area contributed by atoms with Crippen LogP contribution in [0, 0.1) is 5.41 Å². The van der Waals surface area contributed by atoms with Crippen LogP contribution in [0.2, 0.25) is 5.02 Å². The van der Waals surface area contributed by atoms with Crippen LogP contribution in [-0.4, -0.2) is 33.3 Å². The number of sulfonamides is 1. The van der Waals surface area contributed by atoms with E-state index in [0.717, 1.165) is 0 Å². The van der Waals surface area contributed by atoms with Gasteiger partial charge in [-0.2, -0.15) is 0 Å². The highest BCUT2D eigenvalue weighted by Gasteiger charge is 2.21. The van der Waals surface area contributed by atoms with E-state index in [1.165, 1.54) is 12.1 Å². The summed E-state index contributed by atoms with van der Waals surface area (Å²) in [4.78, 5) is 24.2. The first-order chi connectivity index (χ1) is 13.5. The van der Waals surface area contributed by atoms with E-state index in [4.69, 9.17) is 11.6 Å². The minimum absolute atomic E-state index is 0.0129. The van der Waals surface area contributed by atoms with E-state index in [-0.39, 0.29) is 34.8 Å². The van der Waals surface area contributed by atoms with Gasteiger partial charge in [0.25, 0.3) is 5.91 Å². The average molecular weight is 438 g/mol. The van der Waals surface area contributed by atoms with Gasteiger partial charge < -0.3 is 10.6 Å². The van der Waals surface area contributed by atoms with Crippen LogP contribution in [0.5, 0.6) is 0 Å². The third-order valence-electron chi connectivity index (χ3n) is 3.91. The number of halogens is 1. The van der Waals surface area contributed by atoms with Gasteiger partial charge in [0.2, 0.25) is 15.9 Å². The number of hydrogen-bond donors (Lipinski definition) is 3. The molecule has 0 radical (unpaired) electrons. The second-order valence-corrected chi connectivity index (χ2v) is 9.51. The summed E-state index contributed by atoms with van der Waals surface area (Å²) in [5.41, 5.74) is 0.467. The zero-order valence-corrected chi connectivity index (χ0v) is 18.0. The van der Waals surface area contributed by atoms with E-state index in [0.29, 0.717) is 11.3 Å². The monoisotopic (exact) mass is 437 g/mol. The number of benzene rings is 2. The van der Waals surface area contributed by atoms with Crippen molar-refractivity contribution < 1.29 is 18.0 Å². The Bertz CT molecular complexity index is 984. The minimum atomic E-state index is -3.76. The molecule has 2 aromatic rings. The fraction of sp³-hybridized carbons (Fsp3) is 0.300. The Labute approximate surface area is 175 Å². The Morgan fingerprint density at radius 3 is 2.17 bits per heavy atom. The van der Waals surface area contributed by atoms with Gasteiger partial charge in [0.15, 0.2) is 0 Å². The maximum Gasteiger partial charge on any atom is 0.251 e. The van der Waals surface area contributed by atoms with E-state index < -0.39 is 15.4 Å². The maximum atomic E-state index is 12.2. The van der Waals surface area contributed by atoms with Crippen LogP contribution in [0.4, 0.5) is 5.69 Å². The molecule has 0 atom stereocenters. The van der Waals surface area contributed by atoms with Crippen molar-refractivity contribution in [3.63, 3.8) is 0 Å². The molecule has 2 amide bonds. The second kappa shape index (κ2) is 9.39. The van der Waals surface area contributed by atoms with Gasteiger partial charge in [0, 0.05) is 29.8 Å². The van der Waals surface area contributed by atoms with Crippen molar-refractivity contribution in [2.45, 2.75) is 25.7 Å². The van der Waals surface area contributed by atoms with E-state index in [2.05, 4.69) is 15.4 Å². The molecule has 0 aromatic heterocycles. The van der Waals surface area contributed by atoms with Crippen molar-refractivity contribution >= 4 is 39.1 Å². The maximum absolute atomic E-state index is 12.2. The molecule has 0 aliphatic carbocycles. The molecule has 0 fully saturated rings. The predicted molar refractivity (Wildman–Crippen MR) is 114 cm³/mol. The lowest BCUT2D eigenvalue weighted by Gasteiger charge is -2.17. The number of rotatable bonds is 7. The zero-order chi connectivity index (χ0) is 21.7. The number of nitrogens with one attached hydrogen (secondary N) is 3. The van der Waals surface area contributed by atoms with Crippen molar-refractivity contribution in [2.75, 3.05) is 18.4 Å². The Balaban J connectivity index is 1.85. The quantitative estimate of drug-likeness (QED) is 0.579. The normalized spacial score (nSPS) is 11.7. The van der Waals surface area contributed by atoms with Gasteiger partial charge >= 0.3 is 0 Å². The highest BCUT2D eigenvalue weighted by Crippen LogP contribution is 2.20. The molecule has 0 unspecified atom stereocenters. The van der Waals surface area contributed by atoms with Gasteiger partial charge in [-0.15, -0.1) is 0 Å². The van der Waals surface area contributed by atoms with Gasteiger partial charge in [-0.25, -0.2) is 13.1 Å². The van der Waals surface area contributed by atoms with E-state index >= 15 is 0 Å². The van der Waals surface area contributed by atoms with E-state index in [9.17, 15) is 18.0 Å². The molecule has 0 heterocycles. The summed E-state index contributed by atoms with van der Waals surface area (Å²) >= 11 is 5.91. The Morgan fingerprint density at radius 2 is 1.59 bits per heavy atom. The summed E-state index contributed by atoms with van der Waals surface area (Å²) in [6.45, 7) is 5.54. The smallest absolute Gasteiger partial charge is 0.251 e. The van der Waals surface area contributed by atoms with Gasteiger partial charge in [-0.1, -0.05) is 44.5 Å². The summed E-state index contributed by atoms with van der Waals surface area (Å²) < 4.78 is 26.8. The van der Waals surface area contributed by atoms with Crippen LogP contribution in [0.1, 0.15) is 31.1 Å².